The molecule has 0 amide bonds. The van der Waals surface area contributed by atoms with E-state index in [0.29, 0.717) is 5.41 Å². The maximum absolute atomic E-state index is 6.14. The van der Waals surface area contributed by atoms with Crippen LogP contribution in [0.25, 0.3) is 0 Å². The first-order chi connectivity index (χ1) is 6.33. The lowest BCUT2D eigenvalue weighted by Crippen LogP contribution is -2.47. The average molecular weight is 200 g/mol. The van der Waals surface area contributed by atoms with Crippen LogP contribution in [0.4, 0.5) is 0 Å². The second-order valence-electron chi connectivity index (χ2n) is 5.53. The molecule has 0 saturated heterocycles. The van der Waals surface area contributed by atoms with Gasteiger partial charge in [-0.25, -0.2) is 0 Å². The van der Waals surface area contributed by atoms with Gasteiger partial charge in [-0.05, 0) is 25.2 Å². The van der Waals surface area contributed by atoms with Crippen LogP contribution in [0.5, 0.6) is 0 Å². The van der Waals surface area contributed by atoms with Gasteiger partial charge in [-0.15, -0.1) is 0 Å². The van der Waals surface area contributed by atoms with Gasteiger partial charge in [0.2, 0.25) is 0 Å². The van der Waals surface area contributed by atoms with Crippen molar-refractivity contribution in [1.82, 2.24) is 5.32 Å². The Hall–Kier alpha value is -0.0800. The van der Waals surface area contributed by atoms with Gasteiger partial charge in [0.1, 0.15) is 0 Å². The number of nitrogens with two attached hydrogens (primary N) is 1. The second kappa shape index (κ2) is 5.72. The highest BCUT2D eigenvalue weighted by Gasteiger charge is 2.19. The molecule has 14 heavy (non-hydrogen) atoms. The second-order valence-corrected chi connectivity index (χ2v) is 5.53. The molecule has 0 aromatic rings. The zero-order valence-corrected chi connectivity index (χ0v) is 10.6. The molecule has 2 heteroatoms. The third-order valence-corrected chi connectivity index (χ3v) is 2.91. The summed E-state index contributed by atoms with van der Waals surface area (Å²) in [7, 11) is 0. The normalized spacial score (nSPS) is 16.7. The fourth-order valence-electron chi connectivity index (χ4n) is 1.47. The number of hydrogen-bond donors (Lipinski definition) is 2. The smallest absolute Gasteiger partial charge is 0.0252 e. The van der Waals surface area contributed by atoms with Crippen molar-refractivity contribution in [1.29, 1.82) is 0 Å². The summed E-state index contributed by atoms with van der Waals surface area (Å²) in [4.78, 5) is 0. The Bertz CT molecular complexity index is 150. The molecule has 0 radical (unpaired) electrons. The highest BCUT2D eigenvalue weighted by atomic mass is 14.9. The summed E-state index contributed by atoms with van der Waals surface area (Å²) in [6, 6.07) is 0. The molecule has 0 aliphatic rings. The Labute approximate surface area is 89.6 Å². The Morgan fingerprint density at radius 1 is 1.07 bits per heavy atom. The molecule has 0 bridgehead atoms. The van der Waals surface area contributed by atoms with E-state index in [1.165, 1.54) is 6.42 Å². The van der Waals surface area contributed by atoms with E-state index in [1.807, 2.05) is 0 Å². The lowest BCUT2D eigenvalue weighted by Gasteiger charge is -2.28. The molecule has 0 aliphatic carbocycles. The Morgan fingerprint density at radius 3 is 2.07 bits per heavy atom. The summed E-state index contributed by atoms with van der Waals surface area (Å²) < 4.78 is 0. The highest BCUT2D eigenvalue weighted by molar-refractivity contribution is 4.82. The third kappa shape index (κ3) is 6.39. The molecule has 2 nitrogen and oxygen atoms in total. The van der Waals surface area contributed by atoms with E-state index in [4.69, 9.17) is 5.73 Å². The lowest BCUT2D eigenvalue weighted by atomic mass is 9.89. The predicted molar refractivity (Wildman–Crippen MR) is 64.4 cm³/mol. The minimum atomic E-state index is -0.0431. The van der Waals surface area contributed by atoms with E-state index in [0.717, 1.165) is 25.9 Å². The van der Waals surface area contributed by atoms with Crippen molar-refractivity contribution in [2.75, 3.05) is 13.1 Å². The molecular weight excluding hydrogens is 172 g/mol. The van der Waals surface area contributed by atoms with E-state index < -0.39 is 0 Å². The van der Waals surface area contributed by atoms with E-state index in [1.54, 1.807) is 0 Å². The van der Waals surface area contributed by atoms with E-state index in [9.17, 15) is 0 Å². The first-order valence-electron chi connectivity index (χ1n) is 5.82. The minimum Gasteiger partial charge on any atom is -0.324 e. The summed E-state index contributed by atoms with van der Waals surface area (Å²) in [5.41, 5.74) is 6.48. The Morgan fingerprint density at radius 2 is 1.64 bits per heavy atom. The summed E-state index contributed by atoms with van der Waals surface area (Å²) >= 11 is 0. The van der Waals surface area contributed by atoms with Crippen LogP contribution >= 0.6 is 0 Å². The maximum atomic E-state index is 6.14. The van der Waals surface area contributed by atoms with Gasteiger partial charge in [0.25, 0.3) is 0 Å². The van der Waals surface area contributed by atoms with E-state index in [2.05, 4.69) is 39.9 Å². The SMILES string of the molecule is CCCC(C)(N)CNCC(C)(C)CC. The van der Waals surface area contributed by atoms with Crippen molar-refractivity contribution in [3.05, 3.63) is 0 Å². The van der Waals surface area contributed by atoms with Crippen LogP contribution in [0.15, 0.2) is 0 Å². The summed E-state index contributed by atoms with van der Waals surface area (Å²) in [6.45, 7) is 13.1. The van der Waals surface area contributed by atoms with Crippen LogP contribution in [-0.4, -0.2) is 18.6 Å². The quantitative estimate of drug-likeness (QED) is 0.663. The zero-order chi connectivity index (χ0) is 11.2. The van der Waals surface area contributed by atoms with Crippen LogP contribution in [0, 0.1) is 5.41 Å². The van der Waals surface area contributed by atoms with Crippen molar-refractivity contribution in [2.24, 2.45) is 11.1 Å². The predicted octanol–water partition coefficient (Wildman–Crippen LogP) is 2.53. The molecule has 0 heterocycles. The molecule has 0 rings (SSSR count). The summed E-state index contributed by atoms with van der Waals surface area (Å²) in [5, 5.41) is 3.48. The summed E-state index contributed by atoms with van der Waals surface area (Å²) in [5.74, 6) is 0. The Kier molecular flexibility index (Phi) is 5.68. The van der Waals surface area contributed by atoms with Crippen molar-refractivity contribution in [3.8, 4) is 0 Å². The Balaban J connectivity index is 3.73. The molecule has 0 spiro atoms. The van der Waals surface area contributed by atoms with Gasteiger partial charge in [0, 0.05) is 18.6 Å². The molecule has 0 aromatic carbocycles. The molecule has 1 unspecified atom stereocenters. The van der Waals surface area contributed by atoms with Gasteiger partial charge in [-0.3, -0.25) is 0 Å². The fourth-order valence-corrected chi connectivity index (χ4v) is 1.47. The number of nitrogens with one attached hydrogen (secondary N) is 1. The fraction of sp³-hybridized carbons (Fsp3) is 1.00. The first kappa shape index (κ1) is 13.9. The zero-order valence-electron chi connectivity index (χ0n) is 10.6. The molecule has 0 aromatic heterocycles. The van der Waals surface area contributed by atoms with Crippen LogP contribution in [0.1, 0.15) is 53.9 Å². The molecule has 0 aliphatic heterocycles. The highest BCUT2D eigenvalue weighted by Crippen LogP contribution is 2.18. The van der Waals surface area contributed by atoms with E-state index in [-0.39, 0.29) is 5.54 Å². The van der Waals surface area contributed by atoms with Crippen molar-refractivity contribution in [3.63, 3.8) is 0 Å². The number of hydrogen-bond acceptors (Lipinski definition) is 2. The molecular formula is C12H28N2. The van der Waals surface area contributed by atoms with Gasteiger partial charge in [0.15, 0.2) is 0 Å². The summed E-state index contributed by atoms with van der Waals surface area (Å²) in [6.07, 6.45) is 3.45. The maximum Gasteiger partial charge on any atom is 0.0252 e. The molecule has 3 N–H and O–H groups in total. The van der Waals surface area contributed by atoms with Crippen molar-refractivity contribution >= 4 is 0 Å². The van der Waals surface area contributed by atoms with Gasteiger partial charge < -0.3 is 11.1 Å². The van der Waals surface area contributed by atoms with Crippen LogP contribution in [-0.2, 0) is 0 Å². The van der Waals surface area contributed by atoms with Gasteiger partial charge in [-0.1, -0.05) is 34.1 Å². The third-order valence-electron chi connectivity index (χ3n) is 2.91. The minimum absolute atomic E-state index is 0.0431. The lowest BCUT2D eigenvalue weighted by molar-refractivity contribution is 0.302. The largest absolute Gasteiger partial charge is 0.324 e. The topological polar surface area (TPSA) is 38.0 Å². The van der Waals surface area contributed by atoms with Crippen LogP contribution < -0.4 is 11.1 Å². The molecule has 86 valence electrons. The van der Waals surface area contributed by atoms with Crippen LogP contribution in [0.3, 0.4) is 0 Å². The first-order valence-corrected chi connectivity index (χ1v) is 5.82. The number of rotatable bonds is 7. The van der Waals surface area contributed by atoms with Crippen molar-refractivity contribution in [2.45, 2.75) is 59.4 Å². The standard InChI is InChI=1S/C12H28N2/c1-6-8-12(5,13)10-14-9-11(3,4)7-2/h14H,6-10,13H2,1-5H3. The monoisotopic (exact) mass is 200 g/mol. The van der Waals surface area contributed by atoms with Gasteiger partial charge in [0.05, 0.1) is 0 Å². The van der Waals surface area contributed by atoms with Gasteiger partial charge in [-0.2, -0.15) is 0 Å². The molecule has 0 fully saturated rings. The van der Waals surface area contributed by atoms with Crippen LogP contribution in [0.2, 0.25) is 0 Å². The molecule has 0 saturated carbocycles. The van der Waals surface area contributed by atoms with Crippen molar-refractivity contribution < 1.29 is 0 Å². The average Bonchev–Trinajstić information content (AvgIpc) is 2.03. The van der Waals surface area contributed by atoms with Gasteiger partial charge >= 0.3 is 0 Å². The van der Waals surface area contributed by atoms with E-state index >= 15 is 0 Å². The molecule has 1 atom stereocenters.